The van der Waals surface area contributed by atoms with Gasteiger partial charge in [-0.2, -0.15) is 0 Å². The SMILES string of the molecule is CCCNc1cc(-c2ccc(OC)cc2)ncn1. The Bertz CT molecular complexity index is 497. The molecule has 0 aliphatic rings. The van der Waals surface area contributed by atoms with Crippen molar-refractivity contribution in [2.45, 2.75) is 13.3 Å². The Labute approximate surface area is 107 Å². The van der Waals surface area contributed by atoms with E-state index in [2.05, 4.69) is 22.2 Å². The molecule has 0 fully saturated rings. The van der Waals surface area contributed by atoms with Gasteiger partial charge in [-0.05, 0) is 30.7 Å². The molecule has 0 radical (unpaired) electrons. The van der Waals surface area contributed by atoms with Gasteiger partial charge in [0.1, 0.15) is 17.9 Å². The molecule has 0 unspecified atom stereocenters. The fourth-order valence-electron chi connectivity index (χ4n) is 1.63. The molecule has 1 aromatic heterocycles. The summed E-state index contributed by atoms with van der Waals surface area (Å²) in [4.78, 5) is 8.47. The van der Waals surface area contributed by atoms with Gasteiger partial charge in [0.15, 0.2) is 0 Å². The summed E-state index contributed by atoms with van der Waals surface area (Å²) in [6.45, 7) is 3.04. The van der Waals surface area contributed by atoms with Crippen LogP contribution in [0.4, 0.5) is 5.82 Å². The minimum atomic E-state index is 0.845. The molecule has 4 heteroatoms. The zero-order chi connectivity index (χ0) is 12.8. The molecule has 18 heavy (non-hydrogen) atoms. The van der Waals surface area contributed by atoms with Crippen LogP contribution in [-0.4, -0.2) is 23.6 Å². The summed E-state index contributed by atoms with van der Waals surface area (Å²) in [6, 6.07) is 9.79. The molecule has 0 saturated carbocycles. The van der Waals surface area contributed by atoms with E-state index >= 15 is 0 Å². The maximum Gasteiger partial charge on any atom is 0.129 e. The second kappa shape index (κ2) is 6.00. The zero-order valence-electron chi connectivity index (χ0n) is 10.7. The minimum absolute atomic E-state index is 0.845. The number of hydrogen-bond donors (Lipinski definition) is 1. The highest BCUT2D eigenvalue weighted by Crippen LogP contribution is 2.21. The van der Waals surface area contributed by atoms with Crippen LogP contribution in [-0.2, 0) is 0 Å². The first-order valence-corrected chi connectivity index (χ1v) is 6.04. The summed E-state index contributed by atoms with van der Waals surface area (Å²) in [5.41, 5.74) is 1.96. The Morgan fingerprint density at radius 3 is 2.61 bits per heavy atom. The van der Waals surface area contributed by atoms with Crippen LogP contribution in [0, 0.1) is 0 Å². The van der Waals surface area contributed by atoms with Crippen molar-refractivity contribution in [3.8, 4) is 17.0 Å². The largest absolute Gasteiger partial charge is 0.497 e. The molecule has 0 bridgehead atoms. The molecule has 94 valence electrons. The van der Waals surface area contributed by atoms with Gasteiger partial charge in [0.2, 0.25) is 0 Å². The van der Waals surface area contributed by atoms with Crippen LogP contribution in [0.3, 0.4) is 0 Å². The van der Waals surface area contributed by atoms with Crippen LogP contribution in [0.2, 0.25) is 0 Å². The molecule has 1 N–H and O–H groups in total. The number of aromatic nitrogens is 2. The molecule has 0 amide bonds. The van der Waals surface area contributed by atoms with E-state index in [1.165, 1.54) is 0 Å². The van der Waals surface area contributed by atoms with E-state index in [9.17, 15) is 0 Å². The van der Waals surface area contributed by atoms with E-state index in [1.807, 2.05) is 30.3 Å². The number of nitrogens with zero attached hydrogens (tertiary/aromatic N) is 2. The van der Waals surface area contributed by atoms with E-state index in [4.69, 9.17) is 4.74 Å². The molecule has 0 saturated heterocycles. The first kappa shape index (κ1) is 12.4. The van der Waals surface area contributed by atoms with Crippen LogP contribution < -0.4 is 10.1 Å². The number of rotatable bonds is 5. The molecule has 2 rings (SSSR count). The van der Waals surface area contributed by atoms with Crippen molar-refractivity contribution in [2.24, 2.45) is 0 Å². The second-order valence-electron chi connectivity index (χ2n) is 3.94. The van der Waals surface area contributed by atoms with Crippen LogP contribution in [0.5, 0.6) is 5.75 Å². The van der Waals surface area contributed by atoms with E-state index in [1.54, 1.807) is 13.4 Å². The fourth-order valence-corrected chi connectivity index (χ4v) is 1.63. The number of ether oxygens (including phenoxy) is 1. The summed E-state index contributed by atoms with van der Waals surface area (Å²) >= 11 is 0. The third kappa shape index (κ3) is 2.97. The minimum Gasteiger partial charge on any atom is -0.497 e. The predicted molar refractivity (Wildman–Crippen MR) is 72.8 cm³/mol. The molecule has 1 aromatic carbocycles. The van der Waals surface area contributed by atoms with Gasteiger partial charge in [0.25, 0.3) is 0 Å². The molecule has 0 spiro atoms. The van der Waals surface area contributed by atoms with Crippen LogP contribution in [0.25, 0.3) is 11.3 Å². The number of anilines is 1. The smallest absolute Gasteiger partial charge is 0.129 e. The third-order valence-corrected chi connectivity index (χ3v) is 2.61. The standard InChI is InChI=1S/C14H17N3O/c1-3-8-15-14-9-13(16-10-17-14)11-4-6-12(18-2)7-5-11/h4-7,9-10H,3,8H2,1-2H3,(H,15,16,17). The number of benzene rings is 1. The van der Waals surface area contributed by atoms with Crippen molar-refractivity contribution in [3.05, 3.63) is 36.7 Å². The third-order valence-electron chi connectivity index (χ3n) is 2.61. The maximum atomic E-state index is 5.14. The van der Waals surface area contributed by atoms with Gasteiger partial charge in [-0.25, -0.2) is 9.97 Å². The quantitative estimate of drug-likeness (QED) is 0.877. The lowest BCUT2D eigenvalue weighted by molar-refractivity contribution is 0.415. The van der Waals surface area contributed by atoms with Gasteiger partial charge >= 0.3 is 0 Å². The Morgan fingerprint density at radius 1 is 1.17 bits per heavy atom. The molecule has 1 heterocycles. The summed E-state index contributed by atoms with van der Waals surface area (Å²) in [5.74, 6) is 1.70. The monoisotopic (exact) mass is 243 g/mol. The highest BCUT2D eigenvalue weighted by molar-refractivity contribution is 5.62. The number of methoxy groups -OCH3 is 1. The molecular formula is C14H17N3O. The summed E-state index contributed by atoms with van der Waals surface area (Å²) in [6.07, 6.45) is 2.65. The summed E-state index contributed by atoms with van der Waals surface area (Å²) in [5, 5.41) is 3.25. The fraction of sp³-hybridized carbons (Fsp3) is 0.286. The van der Waals surface area contributed by atoms with Gasteiger partial charge in [0.05, 0.1) is 12.8 Å². The molecule has 0 aliphatic carbocycles. The maximum absolute atomic E-state index is 5.14. The van der Waals surface area contributed by atoms with Crippen LogP contribution in [0.15, 0.2) is 36.7 Å². The number of hydrogen-bond acceptors (Lipinski definition) is 4. The number of nitrogens with one attached hydrogen (secondary N) is 1. The van der Waals surface area contributed by atoms with Gasteiger partial charge in [-0.1, -0.05) is 6.92 Å². The molecule has 2 aromatic rings. The van der Waals surface area contributed by atoms with Crippen molar-refractivity contribution in [2.75, 3.05) is 19.0 Å². The average Bonchev–Trinajstić information content (AvgIpc) is 2.45. The molecular weight excluding hydrogens is 226 g/mol. The van der Waals surface area contributed by atoms with Gasteiger partial charge in [-0.15, -0.1) is 0 Å². The predicted octanol–water partition coefficient (Wildman–Crippen LogP) is 2.97. The Hall–Kier alpha value is -2.10. The van der Waals surface area contributed by atoms with Gasteiger partial charge < -0.3 is 10.1 Å². The lowest BCUT2D eigenvalue weighted by Crippen LogP contribution is -2.02. The Kier molecular flexibility index (Phi) is 4.12. The van der Waals surface area contributed by atoms with E-state index in [0.29, 0.717) is 0 Å². The van der Waals surface area contributed by atoms with Crippen molar-refractivity contribution in [1.29, 1.82) is 0 Å². The van der Waals surface area contributed by atoms with Crippen molar-refractivity contribution in [3.63, 3.8) is 0 Å². The van der Waals surface area contributed by atoms with Gasteiger partial charge in [0, 0.05) is 18.2 Å². The van der Waals surface area contributed by atoms with E-state index in [-0.39, 0.29) is 0 Å². The molecule has 0 atom stereocenters. The first-order valence-electron chi connectivity index (χ1n) is 6.04. The normalized spacial score (nSPS) is 10.1. The van der Waals surface area contributed by atoms with E-state index < -0.39 is 0 Å². The highest BCUT2D eigenvalue weighted by atomic mass is 16.5. The summed E-state index contributed by atoms with van der Waals surface area (Å²) < 4.78 is 5.14. The topological polar surface area (TPSA) is 47.0 Å². The van der Waals surface area contributed by atoms with Crippen molar-refractivity contribution < 1.29 is 4.74 Å². The van der Waals surface area contributed by atoms with Gasteiger partial charge in [-0.3, -0.25) is 0 Å². The van der Waals surface area contributed by atoms with Crippen molar-refractivity contribution >= 4 is 5.82 Å². The van der Waals surface area contributed by atoms with Crippen LogP contribution >= 0.6 is 0 Å². The lowest BCUT2D eigenvalue weighted by Gasteiger charge is -2.06. The highest BCUT2D eigenvalue weighted by Gasteiger charge is 2.02. The second-order valence-corrected chi connectivity index (χ2v) is 3.94. The van der Waals surface area contributed by atoms with E-state index in [0.717, 1.165) is 35.8 Å². The lowest BCUT2D eigenvalue weighted by atomic mass is 10.1. The van der Waals surface area contributed by atoms with Crippen molar-refractivity contribution in [1.82, 2.24) is 9.97 Å². The Morgan fingerprint density at radius 2 is 1.94 bits per heavy atom. The van der Waals surface area contributed by atoms with Crippen LogP contribution in [0.1, 0.15) is 13.3 Å². The first-order chi connectivity index (χ1) is 8.83. The average molecular weight is 243 g/mol. The molecule has 4 nitrogen and oxygen atoms in total. The molecule has 0 aliphatic heterocycles. The Balaban J connectivity index is 2.20. The summed E-state index contributed by atoms with van der Waals surface area (Å²) in [7, 11) is 1.66. The zero-order valence-corrected chi connectivity index (χ0v) is 10.7.